The molecule has 0 saturated carbocycles. The maximum Gasteiger partial charge on any atom is 0.191 e. The second kappa shape index (κ2) is 10.4. The molecule has 3 rings (SSSR count). The number of aliphatic imine (C=N–C) groups is 1. The van der Waals surface area contributed by atoms with Gasteiger partial charge in [-0.1, -0.05) is 35.5 Å². The average Bonchev–Trinajstić information content (AvgIpc) is 3.13. The number of rotatable bonds is 5. The SMILES string of the molecule is CN=C(NCc1ccon1)NC1CCCN(Cc2ccccc2)C1.I. The van der Waals surface area contributed by atoms with E-state index < -0.39 is 0 Å². The van der Waals surface area contributed by atoms with Crippen molar-refractivity contribution in [1.29, 1.82) is 0 Å². The Morgan fingerprint density at radius 3 is 2.88 bits per heavy atom. The van der Waals surface area contributed by atoms with Gasteiger partial charge in [0.05, 0.1) is 6.54 Å². The van der Waals surface area contributed by atoms with Gasteiger partial charge in [0.15, 0.2) is 5.96 Å². The van der Waals surface area contributed by atoms with Crippen molar-refractivity contribution in [3.8, 4) is 0 Å². The van der Waals surface area contributed by atoms with Gasteiger partial charge in [0.25, 0.3) is 0 Å². The lowest BCUT2D eigenvalue weighted by Gasteiger charge is -2.33. The molecule has 1 aromatic heterocycles. The van der Waals surface area contributed by atoms with Crippen molar-refractivity contribution in [3.05, 3.63) is 53.9 Å². The molecule has 2 aromatic rings. The summed E-state index contributed by atoms with van der Waals surface area (Å²) in [4.78, 5) is 6.81. The van der Waals surface area contributed by atoms with Crippen LogP contribution in [0.4, 0.5) is 0 Å². The third kappa shape index (κ3) is 6.32. The van der Waals surface area contributed by atoms with Gasteiger partial charge in [-0.05, 0) is 24.9 Å². The monoisotopic (exact) mass is 455 g/mol. The standard InChI is InChI=1S/C18H25N5O.HI/c1-19-18(20-12-16-9-11-24-22-16)21-17-8-5-10-23(14-17)13-15-6-3-2-4-7-15;/h2-4,6-7,9,11,17H,5,8,10,12-14H2,1H3,(H2,19,20,21);1H. The van der Waals surface area contributed by atoms with Gasteiger partial charge in [-0.2, -0.15) is 0 Å². The van der Waals surface area contributed by atoms with Gasteiger partial charge in [-0.25, -0.2) is 0 Å². The first-order chi connectivity index (χ1) is 11.8. The lowest BCUT2D eigenvalue weighted by atomic mass is 10.0. The summed E-state index contributed by atoms with van der Waals surface area (Å²) in [6.45, 7) is 3.79. The highest BCUT2D eigenvalue weighted by Crippen LogP contribution is 2.13. The Labute approximate surface area is 166 Å². The zero-order valence-electron chi connectivity index (χ0n) is 14.5. The average molecular weight is 455 g/mol. The van der Waals surface area contributed by atoms with Crippen molar-refractivity contribution in [2.24, 2.45) is 4.99 Å². The van der Waals surface area contributed by atoms with Gasteiger partial charge in [-0.3, -0.25) is 9.89 Å². The number of benzene rings is 1. The van der Waals surface area contributed by atoms with Crippen LogP contribution in [0.5, 0.6) is 0 Å². The highest BCUT2D eigenvalue weighted by Gasteiger charge is 2.20. The zero-order valence-corrected chi connectivity index (χ0v) is 16.8. The van der Waals surface area contributed by atoms with Crippen molar-refractivity contribution in [3.63, 3.8) is 0 Å². The largest absolute Gasteiger partial charge is 0.364 e. The van der Waals surface area contributed by atoms with E-state index in [1.54, 1.807) is 13.3 Å². The highest BCUT2D eigenvalue weighted by atomic mass is 127. The fourth-order valence-electron chi connectivity index (χ4n) is 3.05. The molecular formula is C18H26IN5O. The van der Waals surface area contributed by atoms with Crippen LogP contribution in [0.1, 0.15) is 24.1 Å². The van der Waals surface area contributed by atoms with Gasteiger partial charge >= 0.3 is 0 Å². The van der Waals surface area contributed by atoms with Crippen LogP contribution < -0.4 is 10.6 Å². The molecule has 0 amide bonds. The Morgan fingerprint density at radius 1 is 1.32 bits per heavy atom. The zero-order chi connectivity index (χ0) is 16.6. The van der Waals surface area contributed by atoms with Gasteiger partial charge in [0, 0.05) is 32.2 Å². The van der Waals surface area contributed by atoms with Gasteiger partial charge in [0.2, 0.25) is 0 Å². The molecule has 136 valence electrons. The van der Waals surface area contributed by atoms with Crippen molar-refractivity contribution >= 4 is 29.9 Å². The fraction of sp³-hybridized carbons (Fsp3) is 0.444. The molecule has 1 saturated heterocycles. The van der Waals surface area contributed by atoms with Crippen molar-refractivity contribution in [2.75, 3.05) is 20.1 Å². The van der Waals surface area contributed by atoms with E-state index in [1.165, 1.54) is 12.0 Å². The van der Waals surface area contributed by atoms with E-state index in [2.05, 4.69) is 56.0 Å². The Morgan fingerprint density at radius 2 is 2.16 bits per heavy atom. The van der Waals surface area contributed by atoms with Crippen LogP contribution in [0.25, 0.3) is 0 Å². The quantitative estimate of drug-likeness (QED) is 0.413. The van der Waals surface area contributed by atoms with Crippen molar-refractivity contribution in [1.82, 2.24) is 20.7 Å². The summed E-state index contributed by atoms with van der Waals surface area (Å²) in [7, 11) is 1.79. The first-order valence-corrected chi connectivity index (χ1v) is 8.46. The highest BCUT2D eigenvalue weighted by molar-refractivity contribution is 14.0. The summed E-state index contributed by atoms with van der Waals surface area (Å²) in [5.74, 6) is 0.810. The molecule has 7 heteroatoms. The Bertz CT molecular complexity index is 632. The summed E-state index contributed by atoms with van der Waals surface area (Å²) in [5.41, 5.74) is 2.24. The molecule has 2 heterocycles. The summed E-state index contributed by atoms with van der Waals surface area (Å²) < 4.78 is 4.84. The van der Waals surface area contributed by atoms with Crippen LogP contribution in [0.15, 0.2) is 52.2 Å². The smallest absolute Gasteiger partial charge is 0.191 e. The molecule has 1 unspecified atom stereocenters. The molecule has 6 nitrogen and oxygen atoms in total. The Hall–Kier alpha value is -1.61. The summed E-state index contributed by atoms with van der Waals surface area (Å²) in [6, 6.07) is 12.9. The number of piperidine rings is 1. The minimum atomic E-state index is 0. The first kappa shape index (κ1) is 19.7. The van der Waals surface area contributed by atoms with Gasteiger partial charge < -0.3 is 15.2 Å². The molecule has 1 fully saturated rings. The number of nitrogens with zero attached hydrogens (tertiary/aromatic N) is 3. The molecule has 2 N–H and O–H groups in total. The number of likely N-dealkylation sites (tertiary alicyclic amines) is 1. The fourth-order valence-corrected chi connectivity index (χ4v) is 3.05. The van der Waals surface area contributed by atoms with Crippen LogP contribution in [-0.2, 0) is 13.1 Å². The van der Waals surface area contributed by atoms with E-state index >= 15 is 0 Å². The van der Waals surface area contributed by atoms with E-state index in [-0.39, 0.29) is 24.0 Å². The van der Waals surface area contributed by atoms with Crippen LogP contribution in [0, 0.1) is 0 Å². The number of hydrogen-bond donors (Lipinski definition) is 2. The second-order valence-corrected chi connectivity index (χ2v) is 6.12. The number of aromatic nitrogens is 1. The van der Waals surface area contributed by atoms with Crippen molar-refractivity contribution in [2.45, 2.75) is 32.0 Å². The predicted octanol–water partition coefficient (Wildman–Crippen LogP) is 2.62. The predicted molar refractivity (Wildman–Crippen MR) is 110 cm³/mol. The third-order valence-corrected chi connectivity index (χ3v) is 4.25. The topological polar surface area (TPSA) is 65.7 Å². The third-order valence-electron chi connectivity index (χ3n) is 4.25. The molecule has 1 aliphatic rings. The molecule has 1 aromatic carbocycles. The number of halogens is 1. The number of nitrogens with one attached hydrogen (secondary N) is 2. The van der Waals surface area contributed by atoms with E-state index in [0.29, 0.717) is 12.6 Å². The second-order valence-electron chi connectivity index (χ2n) is 6.12. The first-order valence-electron chi connectivity index (χ1n) is 8.46. The van der Waals surface area contributed by atoms with Gasteiger partial charge in [0.1, 0.15) is 12.0 Å². The van der Waals surface area contributed by atoms with Crippen molar-refractivity contribution < 1.29 is 4.52 Å². The van der Waals surface area contributed by atoms with E-state index in [0.717, 1.165) is 37.7 Å². The van der Waals surface area contributed by atoms with Crippen LogP contribution in [-0.4, -0.2) is 42.2 Å². The van der Waals surface area contributed by atoms with E-state index in [1.807, 2.05) is 6.07 Å². The van der Waals surface area contributed by atoms with Crippen LogP contribution >= 0.6 is 24.0 Å². The Balaban J connectivity index is 0.00000225. The number of hydrogen-bond acceptors (Lipinski definition) is 4. The van der Waals surface area contributed by atoms with Crippen LogP contribution in [0.3, 0.4) is 0 Å². The molecule has 1 atom stereocenters. The Kier molecular flexibility index (Phi) is 8.20. The molecule has 0 bridgehead atoms. The lowest BCUT2D eigenvalue weighted by molar-refractivity contribution is 0.192. The lowest BCUT2D eigenvalue weighted by Crippen LogP contribution is -2.50. The maximum absolute atomic E-state index is 4.84. The molecule has 1 aliphatic heterocycles. The molecule has 25 heavy (non-hydrogen) atoms. The van der Waals surface area contributed by atoms with Gasteiger partial charge in [-0.15, -0.1) is 24.0 Å². The minimum absolute atomic E-state index is 0. The minimum Gasteiger partial charge on any atom is -0.364 e. The molecule has 0 radical (unpaired) electrons. The van der Waals surface area contributed by atoms with E-state index in [4.69, 9.17) is 4.52 Å². The maximum atomic E-state index is 4.84. The normalized spacial score (nSPS) is 18.4. The van der Waals surface area contributed by atoms with Crippen LogP contribution in [0.2, 0.25) is 0 Å². The summed E-state index contributed by atoms with van der Waals surface area (Å²) in [5, 5.41) is 10.7. The summed E-state index contributed by atoms with van der Waals surface area (Å²) in [6.07, 6.45) is 3.94. The molecule has 0 aliphatic carbocycles. The number of guanidine groups is 1. The summed E-state index contributed by atoms with van der Waals surface area (Å²) >= 11 is 0. The molecule has 0 spiro atoms. The van der Waals surface area contributed by atoms with E-state index in [9.17, 15) is 0 Å². The molecular weight excluding hydrogens is 429 g/mol.